The lowest BCUT2D eigenvalue weighted by atomic mass is 10.1. The van der Waals surface area contributed by atoms with Crippen LogP contribution in [0.25, 0.3) is 0 Å². The minimum Gasteiger partial charge on any atom is -0.478 e. The molecule has 0 atom stereocenters. The van der Waals surface area contributed by atoms with Crippen molar-refractivity contribution in [2.75, 3.05) is 0 Å². The van der Waals surface area contributed by atoms with Gasteiger partial charge in [0.25, 0.3) is 0 Å². The van der Waals surface area contributed by atoms with E-state index in [9.17, 15) is 18.0 Å². The fraction of sp³-hybridized carbons (Fsp3) is 0.417. The zero-order valence-electron chi connectivity index (χ0n) is 10.1. The van der Waals surface area contributed by atoms with Gasteiger partial charge in [-0.1, -0.05) is 20.8 Å². The standard InChI is InChI=1S/C12H13F3O2S/c1-11(2,3)18-9-5-4-7(12(13,14)15)6-8(9)10(16)17/h4-6H,1-3H3,(H,16,17). The first-order valence-electron chi connectivity index (χ1n) is 5.14. The Hall–Kier alpha value is -1.17. The first-order chi connectivity index (χ1) is 8.00. The third-order valence-electron chi connectivity index (χ3n) is 1.95. The maximum Gasteiger partial charge on any atom is 0.416 e. The van der Waals surface area contributed by atoms with Crippen LogP contribution in [-0.4, -0.2) is 15.8 Å². The SMILES string of the molecule is CC(C)(C)Sc1ccc(C(F)(F)F)cc1C(=O)O. The normalized spacial score (nSPS) is 12.6. The van der Waals surface area contributed by atoms with E-state index in [0.717, 1.165) is 6.07 Å². The number of hydrogen-bond acceptors (Lipinski definition) is 2. The van der Waals surface area contributed by atoms with Crippen molar-refractivity contribution in [2.24, 2.45) is 0 Å². The summed E-state index contributed by atoms with van der Waals surface area (Å²) >= 11 is 1.23. The van der Waals surface area contributed by atoms with E-state index in [1.165, 1.54) is 17.8 Å². The van der Waals surface area contributed by atoms with Gasteiger partial charge in [-0.15, -0.1) is 11.8 Å². The second-order valence-corrected chi connectivity index (χ2v) is 6.60. The molecular weight excluding hydrogens is 265 g/mol. The van der Waals surface area contributed by atoms with Crippen molar-refractivity contribution in [1.29, 1.82) is 0 Å². The number of carbonyl (C=O) groups is 1. The second-order valence-electron chi connectivity index (χ2n) is 4.73. The molecule has 2 nitrogen and oxygen atoms in total. The van der Waals surface area contributed by atoms with Gasteiger partial charge in [-0.05, 0) is 18.2 Å². The summed E-state index contributed by atoms with van der Waals surface area (Å²) < 4.78 is 37.2. The summed E-state index contributed by atoms with van der Waals surface area (Å²) in [6.07, 6.45) is -4.53. The molecule has 0 spiro atoms. The van der Waals surface area contributed by atoms with Crippen molar-refractivity contribution < 1.29 is 23.1 Å². The van der Waals surface area contributed by atoms with Gasteiger partial charge in [0.15, 0.2) is 0 Å². The molecule has 0 aliphatic heterocycles. The average molecular weight is 278 g/mol. The predicted molar refractivity (Wildman–Crippen MR) is 64.0 cm³/mol. The fourth-order valence-electron chi connectivity index (χ4n) is 1.29. The van der Waals surface area contributed by atoms with Crippen molar-refractivity contribution >= 4 is 17.7 Å². The maximum atomic E-state index is 12.5. The fourth-order valence-corrected chi connectivity index (χ4v) is 2.34. The lowest BCUT2D eigenvalue weighted by Gasteiger charge is -2.19. The first kappa shape index (κ1) is 14.9. The van der Waals surface area contributed by atoms with Gasteiger partial charge in [0, 0.05) is 9.64 Å². The summed E-state index contributed by atoms with van der Waals surface area (Å²) in [7, 11) is 0. The quantitative estimate of drug-likeness (QED) is 0.820. The number of thioether (sulfide) groups is 1. The van der Waals surface area contributed by atoms with Gasteiger partial charge in [-0.25, -0.2) is 4.79 Å². The average Bonchev–Trinajstić information content (AvgIpc) is 2.13. The number of hydrogen-bond donors (Lipinski definition) is 1. The molecule has 0 aromatic heterocycles. The van der Waals surface area contributed by atoms with Crippen LogP contribution in [0, 0.1) is 0 Å². The molecule has 0 aliphatic rings. The van der Waals surface area contributed by atoms with E-state index in [0.29, 0.717) is 11.0 Å². The topological polar surface area (TPSA) is 37.3 Å². The van der Waals surface area contributed by atoms with Crippen molar-refractivity contribution in [1.82, 2.24) is 0 Å². The summed E-state index contributed by atoms with van der Waals surface area (Å²) in [5.74, 6) is -1.35. The highest BCUT2D eigenvalue weighted by Gasteiger charge is 2.32. The van der Waals surface area contributed by atoms with Crippen LogP contribution in [0.4, 0.5) is 13.2 Å². The second kappa shape index (κ2) is 4.84. The van der Waals surface area contributed by atoms with Crippen LogP contribution in [0.1, 0.15) is 36.7 Å². The Balaban J connectivity index is 3.26. The molecule has 0 fully saturated rings. The third-order valence-corrected chi connectivity index (χ3v) is 3.14. The number of carboxylic acids is 1. The van der Waals surface area contributed by atoms with Crippen LogP contribution in [0.15, 0.2) is 23.1 Å². The molecule has 100 valence electrons. The molecule has 18 heavy (non-hydrogen) atoms. The number of alkyl halides is 3. The molecule has 1 rings (SSSR count). The highest BCUT2D eigenvalue weighted by molar-refractivity contribution is 8.00. The van der Waals surface area contributed by atoms with E-state index in [-0.39, 0.29) is 10.3 Å². The monoisotopic (exact) mass is 278 g/mol. The lowest BCUT2D eigenvalue weighted by molar-refractivity contribution is -0.137. The smallest absolute Gasteiger partial charge is 0.416 e. The molecule has 1 aromatic carbocycles. The minimum absolute atomic E-state index is 0.274. The molecule has 1 aromatic rings. The van der Waals surface area contributed by atoms with Crippen LogP contribution in [-0.2, 0) is 6.18 Å². The van der Waals surface area contributed by atoms with Gasteiger partial charge < -0.3 is 5.11 Å². The van der Waals surface area contributed by atoms with E-state index in [1.54, 1.807) is 0 Å². The molecule has 6 heteroatoms. The highest BCUT2D eigenvalue weighted by atomic mass is 32.2. The van der Waals surface area contributed by atoms with E-state index in [2.05, 4.69) is 0 Å². The Morgan fingerprint density at radius 2 is 1.78 bits per heavy atom. The Morgan fingerprint density at radius 1 is 1.22 bits per heavy atom. The third kappa shape index (κ3) is 3.94. The molecule has 0 unspecified atom stereocenters. The highest BCUT2D eigenvalue weighted by Crippen LogP contribution is 2.37. The van der Waals surface area contributed by atoms with Gasteiger partial charge in [-0.2, -0.15) is 13.2 Å². The predicted octanol–water partition coefficient (Wildman–Crippen LogP) is 4.29. The van der Waals surface area contributed by atoms with Gasteiger partial charge in [0.05, 0.1) is 11.1 Å². The molecule has 0 saturated carbocycles. The van der Waals surface area contributed by atoms with E-state index in [1.807, 2.05) is 20.8 Å². The summed E-state index contributed by atoms with van der Waals surface area (Å²) in [5, 5.41) is 8.97. The Labute approximate surface area is 107 Å². The number of rotatable bonds is 2. The van der Waals surface area contributed by atoms with Crippen molar-refractivity contribution in [3.63, 3.8) is 0 Å². The zero-order valence-corrected chi connectivity index (χ0v) is 10.9. The molecule has 0 aliphatic carbocycles. The van der Waals surface area contributed by atoms with Gasteiger partial charge >= 0.3 is 12.1 Å². The van der Waals surface area contributed by atoms with E-state index in [4.69, 9.17) is 5.11 Å². The van der Waals surface area contributed by atoms with Crippen molar-refractivity contribution in [3.8, 4) is 0 Å². The van der Waals surface area contributed by atoms with Crippen LogP contribution in [0.5, 0.6) is 0 Å². The van der Waals surface area contributed by atoms with Crippen LogP contribution in [0.2, 0.25) is 0 Å². The number of aromatic carboxylic acids is 1. The van der Waals surface area contributed by atoms with Crippen LogP contribution < -0.4 is 0 Å². The first-order valence-corrected chi connectivity index (χ1v) is 5.96. The summed E-state index contributed by atoms with van der Waals surface area (Å²) in [6.45, 7) is 5.59. The number of benzene rings is 1. The molecule has 0 bridgehead atoms. The van der Waals surface area contributed by atoms with E-state index < -0.39 is 17.7 Å². The largest absolute Gasteiger partial charge is 0.478 e. The lowest BCUT2D eigenvalue weighted by Crippen LogP contribution is -2.11. The van der Waals surface area contributed by atoms with Gasteiger partial charge in [-0.3, -0.25) is 0 Å². The van der Waals surface area contributed by atoms with E-state index >= 15 is 0 Å². The Bertz CT molecular complexity index is 461. The molecular formula is C12H13F3O2S. The van der Waals surface area contributed by atoms with Gasteiger partial charge in [0.1, 0.15) is 0 Å². The molecule has 0 amide bonds. The van der Waals surface area contributed by atoms with Gasteiger partial charge in [0.2, 0.25) is 0 Å². The minimum atomic E-state index is -4.53. The molecule has 0 heterocycles. The maximum absolute atomic E-state index is 12.5. The van der Waals surface area contributed by atoms with Crippen LogP contribution >= 0.6 is 11.8 Å². The zero-order chi connectivity index (χ0) is 14.1. The summed E-state index contributed by atoms with van der Waals surface area (Å²) in [5.41, 5.74) is -1.26. The molecule has 1 N–H and O–H groups in total. The summed E-state index contributed by atoms with van der Waals surface area (Å²) in [6, 6.07) is 2.79. The molecule has 0 saturated heterocycles. The molecule has 0 radical (unpaired) electrons. The Morgan fingerprint density at radius 3 is 2.17 bits per heavy atom. The number of halogens is 3. The number of carboxylic acid groups (broad SMARTS) is 1. The Kier molecular flexibility index (Phi) is 4.00. The summed E-state index contributed by atoms with van der Waals surface area (Å²) in [4.78, 5) is 11.3. The van der Waals surface area contributed by atoms with Crippen molar-refractivity contribution in [3.05, 3.63) is 29.3 Å². The van der Waals surface area contributed by atoms with Crippen LogP contribution in [0.3, 0.4) is 0 Å². The van der Waals surface area contributed by atoms with Crippen molar-refractivity contribution in [2.45, 2.75) is 36.6 Å².